The number of rotatable bonds is 8. The minimum absolute atomic E-state index is 0.189. The van der Waals surface area contributed by atoms with Gasteiger partial charge in [-0.15, -0.1) is 0 Å². The summed E-state index contributed by atoms with van der Waals surface area (Å²) >= 11 is 0. The van der Waals surface area contributed by atoms with E-state index in [9.17, 15) is 13.6 Å². The molecule has 0 saturated carbocycles. The summed E-state index contributed by atoms with van der Waals surface area (Å²) < 4.78 is 44.6. The molecule has 0 saturated heterocycles. The summed E-state index contributed by atoms with van der Waals surface area (Å²) in [5.74, 6) is -0.573. The lowest BCUT2D eigenvalue weighted by Crippen LogP contribution is -2.22. The number of benzene rings is 3. The molecule has 1 N–H and O–H groups in total. The average Bonchev–Trinajstić information content (AvgIpc) is 3.26. The van der Waals surface area contributed by atoms with Crippen LogP contribution in [0.4, 0.5) is 8.78 Å². The Hall–Kier alpha value is -4.13. The van der Waals surface area contributed by atoms with E-state index in [1.807, 2.05) is 37.3 Å². The van der Waals surface area contributed by atoms with Crippen molar-refractivity contribution in [3.05, 3.63) is 89.7 Å². The van der Waals surface area contributed by atoms with Crippen LogP contribution in [0, 0.1) is 11.6 Å². The Morgan fingerprint density at radius 3 is 2.46 bits per heavy atom. The lowest BCUT2D eigenvalue weighted by molar-refractivity contribution is -0.116. The molecule has 35 heavy (non-hydrogen) atoms. The molecule has 1 aromatic heterocycles. The lowest BCUT2D eigenvalue weighted by atomic mass is 9.99. The van der Waals surface area contributed by atoms with Crippen LogP contribution in [-0.4, -0.2) is 19.6 Å². The van der Waals surface area contributed by atoms with Gasteiger partial charge in [-0.1, -0.05) is 18.2 Å². The van der Waals surface area contributed by atoms with Gasteiger partial charge in [-0.05, 0) is 55.3 Å². The molecule has 5 nitrogen and oxygen atoms in total. The first kappa shape index (κ1) is 24.0. The molecule has 7 heteroatoms. The van der Waals surface area contributed by atoms with Crippen LogP contribution in [-0.2, 0) is 11.3 Å². The maximum atomic E-state index is 13.9. The number of allylic oxidation sites excluding steroid dienone is 1. The molecule has 0 atom stereocenters. The van der Waals surface area contributed by atoms with Gasteiger partial charge in [0.15, 0.2) is 0 Å². The molecule has 1 heterocycles. The highest BCUT2D eigenvalue weighted by atomic mass is 19.1. The van der Waals surface area contributed by atoms with Gasteiger partial charge in [-0.25, -0.2) is 8.78 Å². The molecule has 0 spiro atoms. The van der Waals surface area contributed by atoms with Gasteiger partial charge in [0.2, 0.25) is 5.91 Å². The Labute approximate surface area is 202 Å². The lowest BCUT2D eigenvalue weighted by Gasteiger charge is -2.12. The predicted octanol–water partition coefficient (Wildman–Crippen LogP) is 6.51. The fourth-order valence-electron chi connectivity index (χ4n) is 3.83. The van der Waals surface area contributed by atoms with E-state index in [1.165, 1.54) is 12.1 Å². The Balaban J connectivity index is 1.65. The first-order chi connectivity index (χ1) is 16.9. The van der Waals surface area contributed by atoms with Crippen molar-refractivity contribution < 1.29 is 27.5 Å². The maximum Gasteiger partial charge on any atom is 0.244 e. The third-order valence-corrected chi connectivity index (χ3v) is 5.65. The summed E-state index contributed by atoms with van der Waals surface area (Å²) in [6.45, 7) is 3.81. The number of nitrogens with one attached hydrogen (secondary N) is 1. The van der Waals surface area contributed by atoms with E-state index in [0.29, 0.717) is 29.1 Å². The zero-order chi connectivity index (χ0) is 24.9. The SMILES string of the molecule is CCOc1cc2occ(-c3ccc(OC)cc3)c2cc1/C(C)=C/C(=O)NCc1c(F)cccc1F. The van der Waals surface area contributed by atoms with Gasteiger partial charge in [-0.2, -0.15) is 0 Å². The summed E-state index contributed by atoms with van der Waals surface area (Å²) in [4.78, 5) is 12.6. The van der Waals surface area contributed by atoms with Gasteiger partial charge in [0.1, 0.15) is 28.7 Å². The maximum absolute atomic E-state index is 13.9. The molecule has 4 rings (SSSR count). The van der Waals surface area contributed by atoms with Gasteiger partial charge >= 0.3 is 0 Å². The molecular formula is C28H25F2NO4. The van der Waals surface area contributed by atoms with Gasteiger partial charge in [-0.3, -0.25) is 4.79 Å². The van der Waals surface area contributed by atoms with Crippen LogP contribution in [0.15, 0.2) is 71.4 Å². The Morgan fingerprint density at radius 1 is 1.09 bits per heavy atom. The first-order valence-electron chi connectivity index (χ1n) is 11.1. The van der Waals surface area contributed by atoms with E-state index in [-0.39, 0.29) is 12.1 Å². The van der Waals surface area contributed by atoms with Crippen LogP contribution in [0.5, 0.6) is 11.5 Å². The number of hydrogen-bond acceptors (Lipinski definition) is 4. The monoisotopic (exact) mass is 477 g/mol. The van der Waals surface area contributed by atoms with E-state index in [4.69, 9.17) is 13.9 Å². The molecule has 0 radical (unpaired) electrons. The number of amides is 1. The highest BCUT2D eigenvalue weighted by molar-refractivity contribution is 6.00. The third-order valence-electron chi connectivity index (χ3n) is 5.65. The normalized spacial score (nSPS) is 11.5. The van der Waals surface area contributed by atoms with E-state index in [1.54, 1.807) is 26.4 Å². The molecular weight excluding hydrogens is 452 g/mol. The highest BCUT2D eigenvalue weighted by Crippen LogP contribution is 2.38. The molecule has 180 valence electrons. The number of fused-ring (bicyclic) bond motifs is 1. The number of ether oxygens (including phenoxy) is 2. The fourth-order valence-corrected chi connectivity index (χ4v) is 3.83. The summed E-state index contributed by atoms with van der Waals surface area (Å²) in [5.41, 5.74) is 3.64. The fraction of sp³-hybridized carbons (Fsp3) is 0.179. The van der Waals surface area contributed by atoms with Crippen molar-refractivity contribution >= 4 is 22.4 Å². The quantitative estimate of drug-likeness (QED) is 0.294. The predicted molar refractivity (Wildman–Crippen MR) is 131 cm³/mol. The summed E-state index contributed by atoms with van der Waals surface area (Å²) in [5, 5.41) is 3.40. The van der Waals surface area contributed by atoms with E-state index < -0.39 is 17.5 Å². The van der Waals surface area contributed by atoms with Crippen molar-refractivity contribution in [2.45, 2.75) is 20.4 Å². The minimum atomic E-state index is -0.707. The zero-order valence-corrected chi connectivity index (χ0v) is 19.7. The topological polar surface area (TPSA) is 60.7 Å². The summed E-state index contributed by atoms with van der Waals surface area (Å²) in [6.07, 6.45) is 3.07. The van der Waals surface area contributed by atoms with Gasteiger partial charge in [0.25, 0.3) is 0 Å². The molecule has 4 aromatic rings. The number of carbonyl (C=O) groups is 1. The Kier molecular flexibility index (Phi) is 7.15. The number of furan rings is 1. The Morgan fingerprint density at radius 2 is 1.80 bits per heavy atom. The molecule has 0 aliphatic heterocycles. The standard InChI is InChI=1S/C28H25F2NO4/c1-4-34-26-14-27-21(23(16-35-27)18-8-10-19(33-3)11-9-18)13-20(26)17(2)12-28(32)31-15-22-24(29)6-5-7-25(22)30/h5-14,16H,4,15H2,1-3H3,(H,31,32)/b17-12+. The Bertz CT molecular complexity index is 1370. The second-order valence-corrected chi connectivity index (χ2v) is 7.90. The van der Waals surface area contributed by atoms with Gasteiger partial charge < -0.3 is 19.2 Å². The van der Waals surface area contributed by atoms with Crippen molar-refractivity contribution in [1.29, 1.82) is 0 Å². The second kappa shape index (κ2) is 10.4. The van der Waals surface area contributed by atoms with Crippen LogP contribution < -0.4 is 14.8 Å². The van der Waals surface area contributed by atoms with Gasteiger partial charge in [0.05, 0.1) is 20.0 Å². The van der Waals surface area contributed by atoms with Crippen LogP contribution in [0.2, 0.25) is 0 Å². The second-order valence-electron chi connectivity index (χ2n) is 7.90. The van der Waals surface area contributed by atoms with Crippen molar-refractivity contribution in [3.8, 4) is 22.6 Å². The minimum Gasteiger partial charge on any atom is -0.497 e. The van der Waals surface area contributed by atoms with Crippen LogP contribution >= 0.6 is 0 Å². The van der Waals surface area contributed by atoms with Crippen molar-refractivity contribution in [2.24, 2.45) is 0 Å². The number of methoxy groups -OCH3 is 1. The third kappa shape index (κ3) is 5.19. The summed E-state index contributed by atoms with van der Waals surface area (Å²) in [6, 6.07) is 14.9. The first-order valence-corrected chi connectivity index (χ1v) is 11.1. The molecule has 0 aliphatic rings. The number of carbonyl (C=O) groups excluding carboxylic acids is 1. The van der Waals surface area contributed by atoms with Gasteiger partial charge in [0, 0.05) is 40.8 Å². The largest absolute Gasteiger partial charge is 0.497 e. The van der Waals surface area contributed by atoms with Crippen LogP contribution in [0.3, 0.4) is 0 Å². The van der Waals surface area contributed by atoms with E-state index >= 15 is 0 Å². The summed E-state index contributed by atoms with van der Waals surface area (Å²) in [7, 11) is 1.61. The van der Waals surface area contributed by atoms with Crippen molar-refractivity contribution in [1.82, 2.24) is 5.32 Å². The van der Waals surface area contributed by atoms with Crippen LogP contribution in [0.1, 0.15) is 25.0 Å². The smallest absolute Gasteiger partial charge is 0.244 e. The van der Waals surface area contributed by atoms with E-state index in [0.717, 1.165) is 34.4 Å². The molecule has 0 bridgehead atoms. The zero-order valence-electron chi connectivity index (χ0n) is 19.7. The number of halogens is 2. The molecule has 3 aromatic carbocycles. The molecule has 0 unspecified atom stereocenters. The average molecular weight is 478 g/mol. The van der Waals surface area contributed by atoms with E-state index in [2.05, 4.69) is 5.32 Å². The number of hydrogen-bond donors (Lipinski definition) is 1. The highest BCUT2D eigenvalue weighted by Gasteiger charge is 2.16. The van der Waals surface area contributed by atoms with Crippen molar-refractivity contribution in [2.75, 3.05) is 13.7 Å². The molecule has 1 amide bonds. The van der Waals surface area contributed by atoms with Crippen LogP contribution in [0.25, 0.3) is 27.7 Å². The molecule has 0 aliphatic carbocycles. The molecule has 0 fully saturated rings. The van der Waals surface area contributed by atoms with Crippen molar-refractivity contribution in [3.63, 3.8) is 0 Å².